The molecule has 0 radical (unpaired) electrons. The molecule has 1 N–H and O–H groups in total. The van der Waals surface area contributed by atoms with Crippen LogP contribution in [-0.4, -0.2) is 81.3 Å². The molecule has 1 unspecified atom stereocenters. The van der Waals surface area contributed by atoms with Crippen LogP contribution in [0.5, 0.6) is 11.8 Å². The molecule has 0 aliphatic carbocycles. The lowest BCUT2D eigenvalue weighted by Gasteiger charge is -2.39. The Hall–Kier alpha value is -3.88. The molecule has 50 heavy (non-hydrogen) atoms. The van der Waals surface area contributed by atoms with Crippen molar-refractivity contribution in [3.05, 3.63) is 41.5 Å². The molecule has 14 heteroatoms. The first kappa shape index (κ1) is 38.9. The van der Waals surface area contributed by atoms with Gasteiger partial charge in [-0.2, -0.15) is 15.0 Å². The van der Waals surface area contributed by atoms with Gasteiger partial charge in [0.15, 0.2) is 0 Å². The third kappa shape index (κ3) is 9.88. The number of aromatic nitrogens is 4. The number of ether oxygens (including phenoxy) is 3. The van der Waals surface area contributed by atoms with Gasteiger partial charge in [0.1, 0.15) is 29.8 Å². The first-order valence-electron chi connectivity index (χ1n) is 16.9. The minimum Gasteiger partial charge on any atom is -0.474 e. The average Bonchev–Trinajstić information content (AvgIpc) is 3.53. The molecule has 2 aromatic heterocycles. The SMILES string of the molecule is C#CC[C@@H]1C[C@@H](Oc2cc(O[C@@H](C)[C@@H](C)C[C@@H](F)CNC)nc(-c3noc(C(C)(C)c4cccc(F)c4P)n3)n2)CCN1C(=O)OC(C)(C)C. The minimum atomic E-state index is -1.04. The van der Waals surface area contributed by atoms with Gasteiger partial charge in [-0.15, -0.1) is 21.6 Å². The number of benzene rings is 1. The maximum Gasteiger partial charge on any atom is 0.410 e. The van der Waals surface area contributed by atoms with Crippen molar-refractivity contribution in [3.8, 4) is 35.8 Å². The number of likely N-dealkylation sites (tertiary alicyclic amines) is 1. The number of alkyl halides is 1. The summed E-state index contributed by atoms with van der Waals surface area (Å²) in [7, 11) is 4.14. The van der Waals surface area contributed by atoms with Gasteiger partial charge in [-0.05, 0) is 72.6 Å². The number of halogens is 2. The number of carbonyl (C=O) groups is 1. The van der Waals surface area contributed by atoms with Crippen LogP contribution in [-0.2, 0) is 10.2 Å². The maximum absolute atomic E-state index is 14.4. The highest BCUT2D eigenvalue weighted by molar-refractivity contribution is 7.27. The summed E-state index contributed by atoms with van der Waals surface area (Å²) in [5, 5.41) is 7.42. The molecule has 6 atom stereocenters. The number of carbonyl (C=O) groups excluding carboxylic acids is 1. The van der Waals surface area contributed by atoms with Crippen LogP contribution in [0.15, 0.2) is 28.8 Å². The zero-order valence-corrected chi connectivity index (χ0v) is 31.3. The molecule has 4 rings (SSSR count). The van der Waals surface area contributed by atoms with Crippen LogP contribution >= 0.6 is 9.24 Å². The van der Waals surface area contributed by atoms with Gasteiger partial charge in [0.05, 0.1) is 11.5 Å². The summed E-state index contributed by atoms with van der Waals surface area (Å²) in [6, 6.07) is 6.08. The smallest absolute Gasteiger partial charge is 0.410 e. The zero-order valence-electron chi connectivity index (χ0n) is 30.1. The van der Waals surface area contributed by atoms with E-state index in [1.165, 1.54) is 6.07 Å². The number of nitrogens with zero attached hydrogens (tertiary/aromatic N) is 5. The molecule has 1 fully saturated rings. The lowest BCUT2D eigenvalue weighted by Crippen LogP contribution is -2.50. The van der Waals surface area contributed by atoms with E-state index in [1.54, 1.807) is 30.1 Å². The van der Waals surface area contributed by atoms with Crippen molar-refractivity contribution in [1.82, 2.24) is 30.3 Å². The van der Waals surface area contributed by atoms with Crippen molar-refractivity contribution in [2.24, 2.45) is 5.92 Å². The van der Waals surface area contributed by atoms with Crippen LogP contribution in [0.4, 0.5) is 13.6 Å². The molecule has 1 aliphatic heterocycles. The van der Waals surface area contributed by atoms with Crippen LogP contribution in [0.2, 0.25) is 0 Å². The molecule has 0 spiro atoms. The predicted molar refractivity (Wildman–Crippen MR) is 190 cm³/mol. The van der Waals surface area contributed by atoms with Gasteiger partial charge in [0.2, 0.25) is 29.3 Å². The largest absolute Gasteiger partial charge is 0.474 e. The van der Waals surface area contributed by atoms with Gasteiger partial charge in [-0.1, -0.05) is 24.2 Å². The van der Waals surface area contributed by atoms with E-state index in [4.69, 9.17) is 25.2 Å². The summed E-state index contributed by atoms with van der Waals surface area (Å²) in [5.41, 5.74) is -0.844. The van der Waals surface area contributed by atoms with Crippen LogP contribution in [0.1, 0.15) is 85.6 Å². The third-order valence-corrected chi connectivity index (χ3v) is 9.25. The van der Waals surface area contributed by atoms with Gasteiger partial charge in [-0.25, -0.2) is 13.6 Å². The second-order valence-corrected chi connectivity index (χ2v) is 14.9. The molecule has 11 nitrogen and oxygen atoms in total. The molecule has 0 bridgehead atoms. The van der Waals surface area contributed by atoms with E-state index < -0.39 is 29.4 Å². The Morgan fingerprint density at radius 2 is 1.90 bits per heavy atom. The van der Waals surface area contributed by atoms with Crippen molar-refractivity contribution < 1.29 is 32.3 Å². The Bertz CT molecular complexity index is 1660. The number of piperidine rings is 1. The predicted octanol–water partition coefficient (Wildman–Crippen LogP) is 6.01. The van der Waals surface area contributed by atoms with Crippen molar-refractivity contribution in [2.75, 3.05) is 20.1 Å². The van der Waals surface area contributed by atoms with Crippen LogP contribution in [0, 0.1) is 24.1 Å². The summed E-state index contributed by atoms with van der Waals surface area (Å²) >= 11 is 0. The lowest BCUT2D eigenvalue weighted by atomic mass is 9.84. The molecule has 1 aromatic carbocycles. The van der Waals surface area contributed by atoms with Crippen LogP contribution in [0.25, 0.3) is 11.6 Å². The normalized spacial score (nSPS) is 18.6. The second-order valence-electron chi connectivity index (χ2n) is 14.3. The highest BCUT2D eigenvalue weighted by Gasteiger charge is 2.36. The molecule has 3 aromatic rings. The van der Waals surface area contributed by atoms with E-state index in [9.17, 15) is 13.6 Å². The van der Waals surface area contributed by atoms with E-state index in [1.807, 2.05) is 48.5 Å². The van der Waals surface area contributed by atoms with E-state index in [-0.39, 0.29) is 66.1 Å². The number of amides is 1. The highest BCUT2D eigenvalue weighted by Crippen LogP contribution is 2.33. The summed E-state index contributed by atoms with van der Waals surface area (Å²) < 4.78 is 52.8. The monoisotopic (exact) mass is 714 g/mol. The van der Waals surface area contributed by atoms with E-state index in [2.05, 4.69) is 40.6 Å². The van der Waals surface area contributed by atoms with E-state index in [0.29, 0.717) is 36.7 Å². The molecule has 1 amide bonds. The van der Waals surface area contributed by atoms with Crippen molar-refractivity contribution in [2.45, 2.75) is 110 Å². The van der Waals surface area contributed by atoms with Crippen LogP contribution in [0.3, 0.4) is 0 Å². The fraction of sp³-hybridized carbons (Fsp3) is 0.583. The highest BCUT2D eigenvalue weighted by atomic mass is 31.0. The number of terminal acetylenes is 1. The van der Waals surface area contributed by atoms with Crippen molar-refractivity contribution in [1.29, 1.82) is 0 Å². The Morgan fingerprint density at radius 1 is 1.18 bits per heavy atom. The van der Waals surface area contributed by atoms with Gasteiger partial charge in [0, 0.05) is 43.7 Å². The van der Waals surface area contributed by atoms with Gasteiger partial charge < -0.3 is 29.0 Å². The number of hydrogen-bond acceptors (Lipinski definition) is 10. The molecule has 1 saturated heterocycles. The van der Waals surface area contributed by atoms with Crippen molar-refractivity contribution in [3.63, 3.8) is 0 Å². The summed E-state index contributed by atoms with van der Waals surface area (Å²) in [6.07, 6.45) is 5.02. The molecule has 1 aliphatic rings. The van der Waals surface area contributed by atoms with E-state index >= 15 is 0 Å². The quantitative estimate of drug-likeness (QED) is 0.166. The minimum absolute atomic E-state index is 0.0774. The first-order chi connectivity index (χ1) is 23.5. The Labute approximate surface area is 295 Å². The molecular formula is C36H49F2N6O5P. The average molecular weight is 715 g/mol. The molecule has 3 heterocycles. The number of nitrogens with one attached hydrogen (secondary N) is 1. The van der Waals surface area contributed by atoms with Gasteiger partial charge >= 0.3 is 6.09 Å². The zero-order chi connectivity index (χ0) is 36.8. The fourth-order valence-corrected chi connectivity index (χ4v) is 6.33. The van der Waals surface area contributed by atoms with Crippen molar-refractivity contribution >= 4 is 20.6 Å². The molecule has 0 saturated carbocycles. The summed E-state index contributed by atoms with van der Waals surface area (Å²) in [4.78, 5) is 28.4. The number of rotatable bonds is 13. The first-order valence-corrected chi connectivity index (χ1v) is 17.4. The summed E-state index contributed by atoms with van der Waals surface area (Å²) in [6.45, 7) is 13.5. The Balaban J connectivity index is 1.63. The standard InChI is InChI=1S/C36H49F2N6O5P/c1-10-12-24-18-25(15-16-44(24)34(45)48-35(4,5)6)47-29-19-28(46-22(3)21(2)17-23(37)20-39-9)40-31(41-29)32-42-33(49-43-32)36(7,8)26-13-11-14-27(38)30(26)50/h1,11,13-14,19,21-25,39H,12,15-18,20,50H2,2-9H3/t21-,22-,23+,24+,25-/m0/s1. The fourth-order valence-electron chi connectivity index (χ4n) is 5.78. The van der Waals surface area contributed by atoms with Crippen LogP contribution < -0.4 is 20.1 Å². The Morgan fingerprint density at radius 3 is 2.58 bits per heavy atom. The Kier molecular flexibility index (Phi) is 12.8. The molecular weight excluding hydrogens is 665 g/mol. The topological polar surface area (TPSA) is 125 Å². The second kappa shape index (κ2) is 16.4. The third-order valence-electron chi connectivity index (χ3n) is 8.66. The van der Waals surface area contributed by atoms with E-state index in [0.717, 1.165) is 0 Å². The van der Waals surface area contributed by atoms with Gasteiger partial charge in [0.25, 0.3) is 0 Å². The number of hydrogen-bond donors (Lipinski definition) is 1. The molecule has 272 valence electrons. The lowest BCUT2D eigenvalue weighted by molar-refractivity contribution is -0.00376. The maximum atomic E-state index is 14.4. The summed E-state index contributed by atoms with van der Waals surface area (Å²) in [5.74, 6) is 2.92. The van der Waals surface area contributed by atoms with Gasteiger partial charge in [-0.3, -0.25) is 0 Å².